The van der Waals surface area contributed by atoms with Gasteiger partial charge in [0.25, 0.3) is 0 Å². The van der Waals surface area contributed by atoms with Gasteiger partial charge in [-0.25, -0.2) is 9.78 Å². The van der Waals surface area contributed by atoms with Gasteiger partial charge in [0.05, 0.1) is 12.1 Å². The number of nitrogens with one attached hydrogen (secondary N) is 1. The lowest BCUT2D eigenvalue weighted by Gasteiger charge is -2.18. The summed E-state index contributed by atoms with van der Waals surface area (Å²) in [5, 5.41) is 4.04. The van der Waals surface area contributed by atoms with Crippen molar-refractivity contribution in [3.8, 4) is 5.88 Å². The Morgan fingerprint density at radius 2 is 2.04 bits per heavy atom. The first-order valence-corrected chi connectivity index (χ1v) is 8.82. The monoisotopic (exact) mass is 347 g/mol. The molecule has 0 aliphatic carbocycles. The molecule has 1 atom stereocenters. The first kappa shape index (κ1) is 16.4. The van der Waals surface area contributed by atoms with Crippen LogP contribution >= 0.6 is 0 Å². The Labute approximate surface area is 152 Å². The third-order valence-electron chi connectivity index (χ3n) is 4.56. The molecule has 1 aromatic heterocycles. The molecule has 132 valence electrons. The highest BCUT2D eigenvalue weighted by Crippen LogP contribution is 2.21. The number of aromatic nitrogens is 1. The van der Waals surface area contributed by atoms with E-state index in [0.717, 1.165) is 28.6 Å². The van der Waals surface area contributed by atoms with Gasteiger partial charge in [-0.3, -0.25) is 0 Å². The second-order valence-corrected chi connectivity index (χ2v) is 6.62. The molecule has 2 amide bonds. The summed E-state index contributed by atoms with van der Waals surface area (Å²) in [6, 6.07) is 19.6. The van der Waals surface area contributed by atoms with Gasteiger partial charge < -0.3 is 15.0 Å². The summed E-state index contributed by atoms with van der Waals surface area (Å²) in [7, 11) is 0. The quantitative estimate of drug-likeness (QED) is 0.771. The molecule has 2 heterocycles. The van der Waals surface area contributed by atoms with E-state index < -0.39 is 0 Å². The molecule has 1 aliphatic heterocycles. The SMILES string of the molecule is Cc1cccc(NC(=O)N2CCC(Oc3ccc4ccccc4n3)C2)c1. The molecule has 26 heavy (non-hydrogen) atoms. The fourth-order valence-corrected chi connectivity index (χ4v) is 3.22. The lowest BCUT2D eigenvalue weighted by atomic mass is 10.2. The molecule has 0 bridgehead atoms. The van der Waals surface area contributed by atoms with Crippen LogP contribution in [0, 0.1) is 6.92 Å². The van der Waals surface area contributed by atoms with Crippen LogP contribution in [0.4, 0.5) is 10.5 Å². The van der Waals surface area contributed by atoms with Crippen molar-refractivity contribution >= 4 is 22.6 Å². The van der Waals surface area contributed by atoms with Crippen LogP contribution < -0.4 is 10.1 Å². The molecule has 1 saturated heterocycles. The van der Waals surface area contributed by atoms with E-state index >= 15 is 0 Å². The number of fused-ring (bicyclic) bond motifs is 1. The number of amides is 2. The Morgan fingerprint density at radius 1 is 1.15 bits per heavy atom. The Balaban J connectivity index is 1.37. The fourth-order valence-electron chi connectivity index (χ4n) is 3.22. The summed E-state index contributed by atoms with van der Waals surface area (Å²) < 4.78 is 6.00. The van der Waals surface area contributed by atoms with Crippen molar-refractivity contribution in [3.63, 3.8) is 0 Å². The Kier molecular flexibility index (Phi) is 4.44. The summed E-state index contributed by atoms with van der Waals surface area (Å²) >= 11 is 0. The summed E-state index contributed by atoms with van der Waals surface area (Å²) in [6.07, 6.45) is 0.766. The molecule has 0 saturated carbocycles. The smallest absolute Gasteiger partial charge is 0.321 e. The normalized spacial score (nSPS) is 16.7. The Bertz CT molecular complexity index is 941. The highest BCUT2D eigenvalue weighted by Gasteiger charge is 2.28. The van der Waals surface area contributed by atoms with E-state index in [0.29, 0.717) is 19.0 Å². The molecule has 2 aromatic carbocycles. The van der Waals surface area contributed by atoms with Gasteiger partial charge in [0.1, 0.15) is 6.10 Å². The molecule has 5 nitrogen and oxygen atoms in total. The third-order valence-corrected chi connectivity index (χ3v) is 4.56. The Morgan fingerprint density at radius 3 is 2.92 bits per heavy atom. The number of hydrogen-bond acceptors (Lipinski definition) is 3. The van der Waals surface area contributed by atoms with Crippen LogP contribution in [0.2, 0.25) is 0 Å². The summed E-state index contributed by atoms with van der Waals surface area (Å²) in [4.78, 5) is 18.8. The lowest BCUT2D eigenvalue weighted by molar-refractivity contribution is 0.190. The van der Waals surface area contributed by atoms with Gasteiger partial charge in [0, 0.05) is 30.1 Å². The maximum Gasteiger partial charge on any atom is 0.321 e. The average molecular weight is 347 g/mol. The molecule has 0 radical (unpaired) electrons. The number of aryl methyl sites for hydroxylation is 1. The third kappa shape index (κ3) is 3.61. The number of nitrogens with zero attached hydrogens (tertiary/aromatic N) is 2. The second kappa shape index (κ2) is 7.04. The zero-order valence-corrected chi connectivity index (χ0v) is 14.7. The van der Waals surface area contributed by atoms with E-state index in [1.807, 2.05) is 67.6 Å². The highest BCUT2D eigenvalue weighted by molar-refractivity contribution is 5.89. The minimum atomic E-state index is -0.0897. The molecular weight excluding hydrogens is 326 g/mol. The van der Waals surface area contributed by atoms with Crippen LogP contribution in [0.5, 0.6) is 5.88 Å². The average Bonchev–Trinajstić information content (AvgIpc) is 3.10. The topological polar surface area (TPSA) is 54.5 Å². The zero-order valence-electron chi connectivity index (χ0n) is 14.7. The number of para-hydroxylation sites is 1. The van der Waals surface area contributed by atoms with Crippen molar-refractivity contribution in [2.24, 2.45) is 0 Å². The summed E-state index contributed by atoms with van der Waals surface area (Å²) in [5.41, 5.74) is 2.85. The number of rotatable bonds is 3. The van der Waals surface area contributed by atoms with Crippen molar-refractivity contribution in [1.82, 2.24) is 9.88 Å². The molecule has 1 unspecified atom stereocenters. The molecule has 1 aliphatic rings. The van der Waals surface area contributed by atoms with Gasteiger partial charge in [-0.05, 0) is 36.8 Å². The van der Waals surface area contributed by atoms with Gasteiger partial charge in [0.2, 0.25) is 5.88 Å². The predicted octanol–water partition coefficient (Wildman–Crippen LogP) is 4.23. The number of carbonyl (C=O) groups is 1. The van der Waals surface area contributed by atoms with Gasteiger partial charge in [-0.2, -0.15) is 0 Å². The number of carbonyl (C=O) groups excluding carboxylic acids is 1. The number of benzene rings is 2. The summed E-state index contributed by atoms with van der Waals surface area (Å²) in [5.74, 6) is 0.606. The van der Waals surface area contributed by atoms with E-state index in [2.05, 4.69) is 10.3 Å². The molecule has 3 aromatic rings. The van der Waals surface area contributed by atoms with Crippen LogP contribution in [0.25, 0.3) is 10.9 Å². The number of hydrogen-bond donors (Lipinski definition) is 1. The predicted molar refractivity (Wildman–Crippen MR) is 103 cm³/mol. The van der Waals surface area contributed by atoms with Crippen molar-refractivity contribution in [2.75, 3.05) is 18.4 Å². The molecule has 5 heteroatoms. The van der Waals surface area contributed by atoms with Crippen LogP contribution in [-0.2, 0) is 0 Å². The first-order valence-electron chi connectivity index (χ1n) is 8.82. The number of pyridine rings is 1. The minimum absolute atomic E-state index is 0.0353. The summed E-state index contributed by atoms with van der Waals surface area (Å²) in [6.45, 7) is 3.24. The van der Waals surface area contributed by atoms with Crippen molar-refractivity contribution < 1.29 is 9.53 Å². The van der Waals surface area contributed by atoms with E-state index in [-0.39, 0.29) is 12.1 Å². The van der Waals surface area contributed by atoms with Crippen LogP contribution in [0.15, 0.2) is 60.7 Å². The van der Waals surface area contributed by atoms with Crippen molar-refractivity contribution in [2.45, 2.75) is 19.4 Å². The van der Waals surface area contributed by atoms with Gasteiger partial charge in [-0.1, -0.05) is 30.3 Å². The molecule has 4 rings (SSSR count). The molecular formula is C21H21N3O2. The van der Waals surface area contributed by atoms with Gasteiger partial charge >= 0.3 is 6.03 Å². The first-order chi connectivity index (χ1) is 12.7. The number of anilines is 1. The maximum absolute atomic E-state index is 12.4. The fraction of sp³-hybridized carbons (Fsp3) is 0.238. The molecule has 1 N–H and O–H groups in total. The van der Waals surface area contributed by atoms with Crippen LogP contribution in [0.3, 0.4) is 0 Å². The standard InChI is InChI=1S/C21H21N3O2/c1-15-5-4-7-17(13-15)22-21(25)24-12-11-18(14-24)26-20-10-9-16-6-2-3-8-19(16)23-20/h2-10,13,18H,11-12,14H2,1H3,(H,22,25). The van der Waals surface area contributed by atoms with E-state index in [1.165, 1.54) is 0 Å². The molecule has 1 fully saturated rings. The van der Waals surface area contributed by atoms with Crippen molar-refractivity contribution in [1.29, 1.82) is 0 Å². The number of ether oxygens (including phenoxy) is 1. The number of likely N-dealkylation sites (tertiary alicyclic amines) is 1. The lowest BCUT2D eigenvalue weighted by Crippen LogP contribution is -2.34. The number of urea groups is 1. The Hall–Kier alpha value is -3.08. The van der Waals surface area contributed by atoms with Crippen LogP contribution in [0.1, 0.15) is 12.0 Å². The largest absolute Gasteiger partial charge is 0.472 e. The minimum Gasteiger partial charge on any atom is -0.472 e. The van der Waals surface area contributed by atoms with Crippen molar-refractivity contribution in [3.05, 3.63) is 66.2 Å². The molecule has 0 spiro atoms. The van der Waals surface area contributed by atoms with Gasteiger partial charge in [0.15, 0.2) is 0 Å². The van der Waals surface area contributed by atoms with E-state index in [4.69, 9.17) is 4.74 Å². The maximum atomic E-state index is 12.4. The van der Waals surface area contributed by atoms with Crippen LogP contribution in [-0.4, -0.2) is 35.1 Å². The zero-order chi connectivity index (χ0) is 17.9. The van der Waals surface area contributed by atoms with E-state index in [1.54, 1.807) is 4.90 Å². The van der Waals surface area contributed by atoms with E-state index in [9.17, 15) is 4.79 Å². The highest BCUT2D eigenvalue weighted by atomic mass is 16.5. The second-order valence-electron chi connectivity index (χ2n) is 6.62. The van der Waals surface area contributed by atoms with Gasteiger partial charge in [-0.15, -0.1) is 0 Å².